The largest absolute Gasteiger partial charge is 0.462 e. The summed E-state index contributed by atoms with van der Waals surface area (Å²) in [5.41, 5.74) is 0.742. The van der Waals surface area contributed by atoms with Gasteiger partial charge in [0.1, 0.15) is 0 Å². The number of hydrogen-bond donors (Lipinski definition) is 0. The topological polar surface area (TPSA) is 60.4 Å². The highest BCUT2D eigenvalue weighted by molar-refractivity contribution is 6.17. The molecule has 2 aromatic rings. The van der Waals surface area contributed by atoms with Gasteiger partial charge < -0.3 is 8.83 Å². The van der Waals surface area contributed by atoms with Gasteiger partial charge in [-0.05, 0) is 18.2 Å². The smallest absolute Gasteiger partial charge is 0.185 e. The third-order valence-electron chi connectivity index (χ3n) is 1.69. The molecule has 0 saturated carbocycles. The molecule has 5 heteroatoms. The van der Waals surface area contributed by atoms with E-state index < -0.39 is 0 Å². The van der Waals surface area contributed by atoms with Crippen molar-refractivity contribution < 1.29 is 18.4 Å². The number of aldehydes is 2. The van der Waals surface area contributed by atoms with Gasteiger partial charge in [-0.2, -0.15) is 0 Å². The monoisotopic (exact) mass is 240 g/mol. The number of carbonyl (C=O) groups excluding carboxylic acids is 2. The maximum absolute atomic E-state index is 10.1. The summed E-state index contributed by atoms with van der Waals surface area (Å²) < 4.78 is 9.37. The minimum absolute atomic E-state index is 0.324. The Hall–Kier alpha value is -1.81. The van der Waals surface area contributed by atoms with Gasteiger partial charge in [0.25, 0.3) is 0 Å². The quantitative estimate of drug-likeness (QED) is 0.611. The highest BCUT2D eigenvalue weighted by Crippen LogP contribution is 2.09. The van der Waals surface area contributed by atoms with E-state index in [9.17, 15) is 9.59 Å². The highest BCUT2D eigenvalue weighted by Gasteiger charge is 2.00. The van der Waals surface area contributed by atoms with Gasteiger partial charge in [0.05, 0.1) is 18.4 Å². The van der Waals surface area contributed by atoms with Crippen LogP contribution in [0.15, 0.2) is 39.6 Å². The second kappa shape index (κ2) is 6.63. The number of alkyl halides is 1. The highest BCUT2D eigenvalue weighted by atomic mass is 35.5. The molecule has 0 N–H and O–H groups in total. The summed E-state index contributed by atoms with van der Waals surface area (Å²) in [6, 6.07) is 4.95. The minimum Gasteiger partial charge on any atom is -0.462 e. The Morgan fingerprint density at radius 3 is 2.31 bits per heavy atom. The Labute approximate surface area is 96.8 Å². The predicted molar refractivity (Wildman–Crippen MR) is 57.7 cm³/mol. The molecule has 2 heterocycles. The predicted octanol–water partition coefficient (Wildman–Crippen LogP) is 2.92. The van der Waals surface area contributed by atoms with E-state index >= 15 is 0 Å². The molecule has 0 aliphatic heterocycles. The fourth-order valence-corrected chi connectivity index (χ4v) is 1.14. The lowest BCUT2D eigenvalue weighted by Gasteiger charge is -1.84. The summed E-state index contributed by atoms with van der Waals surface area (Å²) in [7, 11) is 0. The lowest BCUT2D eigenvalue weighted by molar-refractivity contribution is 0.109. The van der Waals surface area contributed by atoms with E-state index in [1.165, 1.54) is 12.5 Å². The molecular weight excluding hydrogens is 232 g/mol. The first-order valence-corrected chi connectivity index (χ1v) is 4.91. The molecule has 0 unspecified atom stereocenters. The van der Waals surface area contributed by atoms with Crippen LogP contribution in [0.3, 0.4) is 0 Å². The van der Waals surface area contributed by atoms with Gasteiger partial charge >= 0.3 is 0 Å². The standard InChI is InChI=1S/C6H5ClO2.C5H4O2/c7-3-5-1-2-9-6(5)4-8;6-4-5-2-1-3-7-5/h1-2,4H,3H2;1-4H. The molecular formula is C11H9ClO4. The zero-order valence-electron chi connectivity index (χ0n) is 8.26. The third kappa shape index (κ3) is 3.40. The van der Waals surface area contributed by atoms with E-state index in [0.717, 1.165) is 5.56 Å². The van der Waals surface area contributed by atoms with Crippen molar-refractivity contribution in [2.75, 3.05) is 0 Å². The van der Waals surface area contributed by atoms with E-state index in [4.69, 9.17) is 16.0 Å². The second-order valence-electron chi connectivity index (χ2n) is 2.69. The Bertz CT molecular complexity index is 431. The van der Waals surface area contributed by atoms with Crippen LogP contribution >= 0.6 is 11.6 Å². The number of halogens is 1. The summed E-state index contributed by atoms with van der Waals surface area (Å²) in [6.07, 6.45) is 4.23. The minimum atomic E-state index is 0.324. The van der Waals surface area contributed by atoms with Crippen LogP contribution in [-0.4, -0.2) is 12.6 Å². The molecule has 0 fully saturated rings. The summed E-state index contributed by atoms with van der Waals surface area (Å²) >= 11 is 5.43. The van der Waals surface area contributed by atoms with Gasteiger partial charge in [0.15, 0.2) is 24.1 Å². The van der Waals surface area contributed by atoms with Gasteiger partial charge in [-0.25, -0.2) is 0 Å². The summed E-state index contributed by atoms with van der Waals surface area (Å²) in [4.78, 5) is 19.9. The zero-order valence-corrected chi connectivity index (χ0v) is 9.02. The molecule has 84 valence electrons. The van der Waals surface area contributed by atoms with E-state index in [1.807, 2.05) is 0 Å². The molecule has 16 heavy (non-hydrogen) atoms. The molecule has 0 aliphatic rings. The molecule has 0 bridgehead atoms. The van der Waals surface area contributed by atoms with Crippen LogP contribution in [0.1, 0.15) is 26.7 Å². The van der Waals surface area contributed by atoms with Gasteiger partial charge in [0, 0.05) is 5.56 Å². The zero-order chi connectivity index (χ0) is 11.8. The summed E-state index contributed by atoms with van der Waals surface area (Å²) in [6.45, 7) is 0. The van der Waals surface area contributed by atoms with E-state index in [-0.39, 0.29) is 0 Å². The van der Waals surface area contributed by atoms with Crippen LogP contribution in [-0.2, 0) is 5.88 Å². The van der Waals surface area contributed by atoms with Crippen molar-refractivity contribution in [1.29, 1.82) is 0 Å². The Balaban J connectivity index is 0.000000165. The van der Waals surface area contributed by atoms with E-state index in [0.29, 0.717) is 30.0 Å². The molecule has 0 spiro atoms. The van der Waals surface area contributed by atoms with Crippen LogP contribution in [0, 0.1) is 0 Å². The Kier molecular flexibility index (Phi) is 5.08. The van der Waals surface area contributed by atoms with Crippen LogP contribution in [0.5, 0.6) is 0 Å². The van der Waals surface area contributed by atoms with E-state index in [1.54, 1.807) is 18.2 Å². The first-order chi connectivity index (χ1) is 7.81. The van der Waals surface area contributed by atoms with Crippen molar-refractivity contribution >= 4 is 24.2 Å². The Morgan fingerprint density at radius 1 is 1.12 bits per heavy atom. The van der Waals surface area contributed by atoms with Gasteiger partial charge in [-0.15, -0.1) is 11.6 Å². The van der Waals surface area contributed by atoms with Crippen molar-refractivity contribution in [1.82, 2.24) is 0 Å². The lowest BCUT2D eigenvalue weighted by Crippen LogP contribution is -1.79. The van der Waals surface area contributed by atoms with Crippen molar-refractivity contribution in [2.45, 2.75) is 5.88 Å². The van der Waals surface area contributed by atoms with E-state index in [2.05, 4.69) is 4.42 Å². The number of carbonyl (C=O) groups is 2. The molecule has 0 radical (unpaired) electrons. The number of rotatable bonds is 3. The number of furan rings is 2. The molecule has 0 atom stereocenters. The average molecular weight is 241 g/mol. The molecule has 0 aromatic carbocycles. The van der Waals surface area contributed by atoms with Gasteiger partial charge in [-0.3, -0.25) is 9.59 Å². The fourth-order valence-electron chi connectivity index (χ4n) is 0.919. The molecule has 4 nitrogen and oxygen atoms in total. The molecule has 0 amide bonds. The summed E-state index contributed by atoms with van der Waals surface area (Å²) in [5, 5.41) is 0. The maximum atomic E-state index is 10.1. The Morgan fingerprint density at radius 2 is 1.94 bits per heavy atom. The average Bonchev–Trinajstić information content (AvgIpc) is 3.00. The first kappa shape index (κ1) is 12.3. The first-order valence-electron chi connectivity index (χ1n) is 4.38. The van der Waals surface area contributed by atoms with Crippen molar-refractivity contribution in [3.8, 4) is 0 Å². The molecule has 2 aromatic heterocycles. The molecule has 0 aliphatic carbocycles. The maximum Gasteiger partial charge on any atom is 0.185 e. The van der Waals surface area contributed by atoms with Gasteiger partial charge in [0.2, 0.25) is 0 Å². The lowest BCUT2D eigenvalue weighted by atomic mass is 10.3. The van der Waals surface area contributed by atoms with Crippen LogP contribution in [0.25, 0.3) is 0 Å². The SMILES string of the molecule is O=Cc1ccco1.O=Cc1occc1CCl. The van der Waals surface area contributed by atoms with Crippen molar-refractivity contribution in [2.24, 2.45) is 0 Å². The molecule has 0 saturated heterocycles. The summed E-state index contributed by atoms with van der Waals surface area (Å²) in [5.74, 6) is 1.02. The second-order valence-corrected chi connectivity index (χ2v) is 2.96. The van der Waals surface area contributed by atoms with Crippen molar-refractivity contribution in [3.63, 3.8) is 0 Å². The normalized spacial score (nSPS) is 9.06. The van der Waals surface area contributed by atoms with Crippen LogP contribution in [0.2, 0.25) is 0 Å². The van der Waals surface area contributed by atoms with Crippen LogP contribution < -0.4 is 0 Å². The van der Waals surface area contributed by atoms with Gasteiger partial charge in [-0.1, -0.05) is 0 Å². The fraction of sp³-hybridized carbons (Fsp3) is 0.0909. The third-order valence-corrected chi connectivity index (χ3v) is 1.98. The number of hydrogen-bond acceptors (Lipinski definition) is 4. The van der Waals surface area contributed by atoms with Crippen molar-refractivity contribution in [3.05, 3.63) is 47.8 Å². The van der Waals surface area contributed by atoms with Crippen LogP contribution in [0.4, 0.5) is 0 Å². The molecule has 2 rings (SSSR count).